The van der Waals surface area contributed by atoms with Crippen LogP contribution in [-0.2, 0) is 4.74 Å². The minimum Gasteiger partial charge on any atom is -0.370 e. The first-order valence-corrected chi connectivity index (χ1v) is 7.34. The number of ether oxygens (including phenoxy) is 1. The second kappa shape index (κ2) is 4.79. The predicted molar refractivity (Wildman–Crippen MR) is 78.7 cm³/mol. The zero-order chi connectivity index (χ0) is 14.2. The van der Waals surface area contributed by atoms with E-state index in [1.54, 1.807) is 0 Å². The summed E-state index contributed by atoms with van der Waals surface area (Å²) < 4.78 is 6.69. The third-order valence-corrected chi connectivity index (χ3v) is 5.82. The molecule has 1 aliphatic rings. The molecule has 1 aliphatic heterocycles. The Morgan fingerprint density at radius 1 is 0.889 bits per heavy atom. The van der Waals surface area contributed by atoms with E-state index in [2.05, 4.69) is 55.5 Å². The zero-order valence-electron chi connectivity index (χ0n) is 13.9. The first-order valence-electron chi connectivity index (χ1n) is 7.34. The van der Waals surface area contributed by atoms with E-state index in [0.29, 0.717) is 16.4 Å². The number of hydrogen-bond acceptors (Lipinski definition) is 1. The maximum atomic E-state index is 5.54. The Balaban J connectivity index is 2.87. The summed E-state index contributed by atoms with van der Waals surface area (Å²) in [4.78, 5) is 0. The van der Waals surface area contributed by atoms with Gasteiger partial charge in [-0.1, -0.05) is 34.6 Å². The maximum Gasteiger partial charge on any atom is 0.103 e. The Kier molecular flexibility index (Phi) is 4.25. The minimum absolute atomic E-state index is 0.306. The highest BCUT2D eigenvalue weighted by Crippen LogP contribution is 2.46. The summed E-state index contributed by atoms with van der Waals surface area (Å²) in [5.41, 5.74) is 0.992. The van der Waals surface area contributed by atoms with E-state index in [9.17, 15) is 0 Å². The number of morpholine rings is 1. The lowest BCUT2D eigenvalue weighted by molar-refractivity contribution is -0.963. The van der Waals surface area contributed by atoms with Crippen LogP contribution in [0.5, 0.6) is 0 Å². The summed E-state index contributed by atoms with van der Waals surface area (Å²) >= 11 is 0. The van der Waals surface area contributed by atoms with Crippen LogP contribution in [0.3, 0.4) is 0 Å². The molecule has 0 unspecified atom stereocenters. The number of hydrogen-bond donors (Lipinski definition) is 0. The summed E-state index contributed by atoms with van der Waals surface area (Å²) in [6.45, 7) is 20.9. The fourth-order valence-corrected chi connectivity index (χ4v) is 2.89. The van der Waals surface area contributed by atoms with Gasteiger partial charge in [-0.15, -0.1) is 0 Å². The third kappa shape index (κ3) is 3.08. The van der Waals surface area contributed by atoms with Crippen LogP contribution in [0.1, 0.15) is 54.9 Å². The van der Waals surface area contributed by atoms with Gasteiger partial charge in [0.15, 0.2) is 0 Å². The Bertz CT molecular complexity index is 280. The van der Waals surface area contributed by atoms with Crippen LogP contribution in [-0.4, -0.2) is 43.4 Å². The molecular formula is C16H34NO+. The van der Waals surface area contributed by atoms with E-state index in [4.69, 9.17) is 4.74 Å². The third-order valence-electron chi connectivity index (χ3n) is 5.82. The van der Waals surface area contributed by atoms with E-state index in [0.717, 1.165) is 30.8 Å². The minimum atomic E-state index is 0.306. The van der Waals surface area contributed by atoms with Crippen LogP contribution in [0.4, 0.5) is 0 Å². The molecule has 1 rings (SSSR count). The van der Waals surface area contributed by atoms with Crippen molar-refractivity contribution in [1.29, 1.82) is 0 Å². The molecule has 1 heterocycles. The first kappa shape index (κ1) is 16.0. The highest BCUT2D eigenvalue weighted by Gasteiger charge is 2.47. The van der Waals surface area contributed by atoms with Crippen molar-refractivity contribution in [2.45, 2.75) is 60.4 Å². The first-order chi connectivity index (χ1) is 7.91. The summed E-state index contributed by atoms with van der Waals surface area (Å²) in [6.07, 6.45) is 1.25. The summed E-state index contributed by atoms with van der Waals surface area (Å²) in [7, 11) is 2.40. The second-order valence-corrected chi connectivity index (χ2v) is 8.58. The van der Waals surface area contributed by atoms with Gasteiger partial charge in [0.05, 0.1) is 25.8 Å². The molecule has 108 valence electrons. The van der Waals surface area contributed by atoms with Gasteiger partial charge in [0, 0.05) is 6.42 Å². The highest BCUT2D eigenvalue weighted by molar-refractivity contribution is 4.89. The lowest BCUT2D eigenvalue weighted by atomic mass is 9.63. The molecule has 0 aromatic heterocycles. The molecule has 1 fully saturated rings. The quantitative estimate of drug-likeness (QED) is 0.700. The van der Waals surface area contributed by atoms with Gasteiger partial charge in [0.2, 0.25) is 0 Å². The van der Waals surface area contributed by atoms with Gasteiger partial charge in [-0.3, -0.25) is 0 Å². The van der Waals surface area contributed by atoms with Gasteiger partial charge < -0.3 is 9.22 Å². The predicted octanol–water partition coefficient (Wildman–Crippen LogP) is 3.70. The normalized spacial score (nSPS) is 22.0. The van der Waals surface area contributed by atoms with E-state index in [1.165, 1.54) is 6.42 Å². The molecule has 0 spiro atoms. The van der Waals surface area contributed by atoms with Gasteiger partial charge in [0.25, 0.3) is 0 Å². The van der Waals surface area contributed by atoms with Crippen molar-refractivity contribution in [3.8, 4) is 0 Å². The van der Waals surface area contributed by atoms with Crippen molar-refractivity contribution < 1.29 is 9.22 Å². The van der Waals surface area contributed by atoms with Crippen molar-refractivity contribution in [3.05, 3.63) is 0 Å². The Labute approximate surface area is 114 Å². The molecule has 0 radical (unpaired) electrons. The molecule has 2 heteroatoms. The molecule has 18 heavy (non-hydrogen) atoms. The molecule has 0 aliphatic carbocycles. The smallest absolute Gasteiger partial charge is 0.103 e. The van der Waals surface area contributed by atoms with Crippen LogP contribution in [0, 0.1) is 10.8 Å². The number of quaternary nitrogens is 1. The Morgan fingerprint density at radius 2 is 1.33 bits per heavy atom. The average molecular weight is 256 g/mol. The molecule has 1 saturated heterocycles. The van der Waals surface area contributed by atoms with Crippen LogP contribution < -0.4 is 0 Å². The SMILES string of the molecule is CC(C)(C)C(C)(C)CC(C)(C)[N+]1(C)CCOCC1. The van der Waals surface area contributed by atoms with Crippen molar-refractivity contribution in [2.24, 2.45) is 10.8 Å². The number of rotatable bonds is 3. The maximum absolute atomic E-state index is 5.54. The fraction of sp³-hybridized carbons (Fsp3) is 1.00. The summed E-state index contributed by atoms with van der Waals surface area (Å²) in [5, 5.41) is 0. The van der Waals surface area contributed by atoms with E-state index < -0.39 is 0 Å². The standard InChI is InChI=1S/C16H34NO/c1-14(2,3)15(4,5)13-16(6,7)17(8)9-11-18-12-10-17/h9-13H2,1-8H3/q+1. The van der Waals surface area contributed by atoms with Crippen LogP contribution in [0.25, 0.3) is 0 Å². The molecule has 0 amide bonds. The lowest BCUT2D eigenvalue weighted by Gasteiger charge is -2.54. The Hall–Kier alpha value is -0.0800. The van der Waals surface area contributed by atoms with Gasteiger partial charge in [-0.25, -0.2) is 0 Å². The molecule has 0 N–H and O–H groups in total. The molecule has 0 atom stereocenters. The number of likely N-dealkylation sites (N-methyl/N-ethyl adjacent to an activating group) is 1. The average Bonchev–Trinajstić information content (AvgIpc) is 2.15. The molecule has 0 saturated carbocycles. The molecule has 2 nitrogen and oxygen atoms in total. The zero-order valence-corrected chi connectivity index (χ0v) is 13.9. The van der Waals surface area contributed by atoms with Crippen molar-refractivity contribution >= 4 is 0 Å². The van der Waals surface area contributed by atoms with Crippen molar-refractivity contribution in [3.63, 3.8) is 0 Å². The Morgan fingerprint density at radius 3 is 1.72 bits per heavy atom. The van der Waals surface area contributed by atoms with Crippen LogP contribution in [0.2, 0.25) is 0 Å². The van der Waals surface area contributed by atoms with Crippen LogP contribution >= 0.6 is 0 Å². The molecule has 0 aromatic carbocycles. The highest BCUT2D eigenvalue weighted by atomic mass is 16.5. The topological polar surface area (TPSA) is 9.23 Å². The van der Waals surface area contributed by atoms with E-state index in [-0.39, 0.29) is 0 Å². The van der Waals surface area contributed by atoms with E-state index in [1.807, 2.05) is 0 Å². The van der Waals surface area contributed by atoms with Gasteiger partial charge in [-0.05, 0) is 24.7 Å². The summed E-state index contributed by atoms with van der Waals surface area (Å²) in [6, 6.07) is 0. The van der Waals surface area contributed by atoms with E-state index >= 15 is 0 Å². The van der Waals surface area contributed by atoms with Crippen molar-refractivity contribution in [2.75, 3.05) is 33.4 Å². The molecule has 0 aromatic rings. The largest absolute Gasteiger partial charge is 0.370 e. The molecule has 0 bridgehead atoms. The van der Waals surface area contributed by atoms with Crippen LogP contribution in [0.15, 0.2) is 0 Å². The monoisotopic (exact) mass is 256 g/mol. The number of nitrogens with zero attached hydrogens (tertiary/aromatic N) is 1. The summed E-state index contributed by atoms with van der Waals surface area (Å²) in [5.74, 6) is 0. The lowest BCUT2D eigenvalue weighted by Crippen LogP contribution is -2.65. The van der Waals surface area contributed by atoms with Gasteiger partial charge in [0.1, 0.15) is 13.1 Å². The van der Waals surface area contributed by atoms with Gasteiger partial charge >= 0.3 is 0 Å². The second-order valence-electron chi connectivity index (χ2n) is 8.58. The van der Waals surface area contributed by atoms with Gasteiger partial charge in [-0.2, -0.15) is 0 Å². The van der Waals surface area contributed by atoms with Crippen molar-refractivity contribution in [1.82, 2.24) is 0 Å². The fourth-order valence-electron chi connectivity index (χ4n) is 2.89. The molecular weight excluding hydrogens is 222 g/mol.